The van der Waals surface area contributed by atoms with Crippen molar-refractivity contribution in [2.75, 3.05) is 13.1 Å². The van der Waals surface area contributed by atoms with Crippen LogP contribution >= 0.6 is 0 Å². The van der Waals surface area contributed by atoms with E-state index in [0.29, 0.717) is 12.1 Å². The predicted octanol–water partition coefficient (Wildman–Crippen LogP) is 1.47. The van der Waals surface area contributed by atoms with Crippen molar-refractivity contribution in [2.45, 2.75) is 30.6 Å². The Morgan fingerprint density at radius 1 is 1.29 bits per heavy atom. The van der Waals surface area contributed by atoms with E-state index in [1.54, 1.807) is 24.3 Å². The number of sulfonamides is 1. The molecular weight excluding hydrogens is 284 g/mol. The van der Waals surface area contributed by atoms with Crippen molar-refractivity contribution in [2.24, 2.45) is 17.1 Å². The number of hydrogen-bond donors (Lipinski definition) is 2. The predicted molar refractivity (Wildman–Crippen MR) is 82.0 cm³/mol. The van der Waals surface area contributed by atoms with Crippen molar-refractivity contribution < 1.29 is 8.42 Å². The first kappa shape index (κ1) is 14.6. The second-order valence-electron chi connectivity index (χ2n) is 5.96. The first-order chi connectivity index (χ1) is 10.1. The lowest BCUT2D eigenvalue weighted by Crippen LogP contribution is -2.31. The highest BCUT2D eigenvalue weighted by atomic mass is 32.2. The molecule has 0 aromatic heterocycles. The van der Waals surface area contributed by atoms with E-state index in [1.807, 2.05) is 0 Å². The van der Waals surface area contributed by atoms with Gasteiger partial charge in [-0.2, -0.15) is 0 Å². The third-order valence-electron chi connectivity index (χ3n) is 4.45. The van der Waals surface area contributed by atoms with Crippen molar-refractivity contribution >= 4 is 10.0 Å². The van der Waals surface area contributed by atoms with E-state index >= 15 is 0 Å². The van der Waals surface area contributed by atoms with Crippen molar-refractivity contribution in [3.8, 4) is 11.8 Å². The maximum atomic E-state index is 12.5. The molecule has 5 heteroatoms. The Bertz CT molecular complexity index is 692. The number of rotatable bonds is 5. The monoisotopic (exact) mass is 304 g/mol. The Hall–Kier alpha value is -1.35. The van der Waals surface area contributed by atoms with Crippen LogP contribution in [0.2, 0.25) is 0 Å². The number of benzene rings is 1. The molecule has 2 aliphatic carbocycles. The molecule has 0 saturated heterocycles. The summed E-state index contributed by atoms with van der Waals surface area (Å²) in [5.74, 6) is 6.28. The van der Waals surface area contributed by atoms with Crippen LogP contribution in [0.4, 0.5) is 0 Å². The fourth-order valence-electron chi connectivity index (χ4n) is 2.85. The minimum atomic E-state index is -3.51. The zero-order valence-electron chi connectivity index (χ0n) is 11.9. The lowest BCUT2D eigenvalue weighted by atomic mass is 10.0. The molecule has 112 valence electrons. The third kappa shape index (κ3) is 3.13. The van der Waals surface area contributed by atoms with Crippen LogP contribution in [0.3, 0.4) is 0 Å². The molecule has 0 spiro atoms. The summed E-state index contributed by atoms with van der Waals surface area (Å²) in [6.07, 6.45) is 4.80. The van der Waals surface area contributed by atoms with Crippen LogP contribution in [0, 0.1) is 23.2 Å². The molecule has 21 heavy (non-hydrogen) atoms. The molecule has 0 unspecified atom stereocenters. The van der Waals surface area contributed by atoms with Crippen LogP contribution in [0.5, 0.6) is 0 Å². The van der Waals surface area contributed by atoms with E-state index in [-0.39, 0.29) is 16.9 Å². The van der Waals surface area contributed by atoms with Gasteiger partial charge in [0.1, 0.15) is 0 Å². The Morgan fingerprint density at radius 3 is 2.62 bits per heavy atom. The van der Waals surface area contributed by atoms with E-state index < -0.39 is 10.0 Å². The van der Waals surface area contributed by atoms with E-state index in [1.165, 1.54) is 12.8 Å². The first-order valence-corrected chi connectivity index (χ1v) is 8.83. The number of nitrogens with two attached hydrogens (primary N) is 1. The highest BCUT2D eigenvalue weighted by Crippen LogP contribution is 2.60. The lowest BCUT2D eigenvalue weighted by molar-refractivity contribution is 0.432. The summed E-state index contributed by atoms with van der Waals surface area (Å²) in [4.78, 5) is 0.248. The maximum Gasteiger partial charge on any atom is 0.241 e. The minimum Gasteiger partial charge on any atom is -0.320 e. The van der Waals surface area contributed by atoms with Crippen molar-refractivity contribution in [1.29, 1.82) is 0 Å². The van der Waals surface area contributed by atoms with Crippen LogP contribution in [0.15, 0.2) is 29.2 Å². The molecule has 4 nitrogen and oxygen atoms in total. The number of hydrogen-bond acceptors (Lipinski definition) is 3. The van der Waals surface area contributed by atoms with Crippen molar-refractivity contribution in [3.63, 3.8) is 0 Å². The van der Waals surface area contributed by atoms with Gasteiger partial charge in [-0.1, -0.05) is 24.0 Å². The Kier molecular flexibility index (Phi) is 3.78. The SMILES string of the molecule is NCC#Cc1ccccc1S(=O)(=O)NCC1(C2CC2)CC1. The summed E-state index contributed by atoms with van der Waals surface area (Å²) in [6, 6.07) is 6.81. The van der Waals surface area contributed by atoms with Gasteiger partial charge in [0, 0.05) is 12.1 Å². The Labute approximate surface area is 126 Å². The van der Waals surface area contributed by atoms with Gasteiger partial charge in [-0.15, -0.1) is 0 Å². The van der Waals surface area contributed by atoms with Gasteiger partial charge >= 0.3 is 0 Å². The molecule has 0 radical (unpaired) electrons. The van der Waals surface area contributed by atoms with Gasteiger partial charge in [0.15, 0.2) is 0 Å². The molecule has 3 rings (SSSR count). The molecule has 3 N–H and O–H groups in total. The standard InChI is InChI=1S/C16H20N2O2S/c17-11-3-5-13-4-1-2-6-15(13)21(19,20)18-12-16(9-10-16)14-7-8-14/h1-2,4,6,14,18H,7-12,17H2. The second kappa shape index (κ2) is 5.45. The largest absolute Gasteiger partial charge is 0.320 e. The first-order valence-electron chi connectivity index (χ1n) is 7.35. The lowest BCUT2D eigenvalue weighted by Gasteiger charge is -2.15. The topological polar surface area (TPSA) is 72.2 Å². The van der Waals surface area contributed by atoms with Crippen molar-refractivity contribution in [3.05, 3.63) is 29.8 Å². The van der Waals surface area contributed by atoms with Crippen LogP contribution in [0.25, 0.3) is 0 Å². The maximum absolute atomic E-state index is 12.5. The average Bonchev–Trinajstić information content (AvgIpc) is 3.36. The molecule has 0 amide bonds. The smallest absolute Gasteiger partial charge is 0.241 e. The number of nitrogens with one attached hydrogen (secondary N) is 1. The van der Waals surface area contributed by atoms with Gasteiger partial charge in [-0.25, -0.2) is 13.1 Å². The molecular formula is C16H20N2O2S. The summed E-state index contributed by atoms with van der Waals surface area (Å²) < 4.78 is 27.8. The van der Waals surface area contributed by atoms with E-state index in [9.17, 15) is 8.42 Å². The highest BCUT2D eigenvalue weighted by molar-refractivity contribution is 7.89. The Balaban J connectivity index is 1.78. The zero-order valence-corrected chi connectivity index (χ0v) is 12.7. The Morgan fingerprint density at radius 2 is 2.00 bits per heavy atom. The van der Waals surface area contributed by atoms with Gasteiger partial charge in [0.25, 0.3) is 0 Å². The normalized spacial score (nSPS) is 19.7. The van der Waals surface area contributed by atoms with Crippen molar-refractivity contribution in [1.82, 2.24) is 4.72 Å². The molecule has 0 bridgehead atoms. The van der Waals surface area contributed by atoms with E-state index in [0.717, 1.165) is 18.8 Å². The quantitative estimate of drug-likeness (QED) is 0.809. The summed E-state index contributed by atoms with van der Waals surface area (Å²) in [5, 5.41) is 0. The summed E-state index contributed by atoms with van der Waals surface area (Å²) >= 11 is 0. The highest BCUT2D eigenvalue weighted by Gasteiger charge is 2.53. The minimum absolute atomic E-state index is 0.215. The fourth-order valence-corrected chi connectivity index (χ4v) is 4.15. The van der Waals surface area contributed by atoms with E-state index in [2.05, 4.69) is 16.6 Å². The van der Waals surface area contributed by atoms with Gasteiger partial charge in [0.2, 0.25) is 10.0 Å². The van der Waals surface area contributed by atoms with Crippen LogP contribution < -0.4 is 10.5 Å². The van der Waals surface area contributed by atoms with Gasteiger partial charge in [-0.3, -0.25) is 0 Å². The third-order valence-corrected chi connectivity index (χ3v) is 5.91. The van der Waals surface area contributed by atoms with Gasteiger partial charge in [0.05, 0.1) is 11.4 Å². The molecule has 0 atom stereocenters. The summed E-state index contributed by atoms with van der Waals surface area (Å²) in [5.41, 5.74) is 6.11. The van der Waals surface area contributed by atoms with Crippen LogP contribution in [-0.4, -0.2) is 21.5 Å². The zero-order chi connectivity index (χ0) is 14.9. The van der Waals surface area contributed by atoms with E-state index in [4.69, 9.17) is 5.73 Å². The summed E-state index contributed by atoms with van der Waals surface area (Å²) in [6.45, 7) is 0.769. The van der Waals surface area contributed by atoms with Crippen LogP contribution in [-0.2, 0) is 10.0 Å². The second-order valence-corrected chi connectivity index (χ2v) is 7.70. The average molecular weight is 304 g/mol. The van der Waals surface area contributed by atoms with Gasteiger partial charge < -0.3 is 5.73 Å². The van der Waals surface area contributed by atoms with Crippen LogP contribution in [0.1, 0.15) is 31.2 Å². The molecule has 0 heterocycles. The fraction of sp³-hybridized carbons (Fsp3) is 0.500. The molecule has 2 fully saturated rings. The molecule has 2 aliphatic rings. The van der Waals surface area contributed by atoms with Gasteiger partial charge in [-0.05, 0) is 49.1 Å². The molecule has 0 aliphatic heterocycles. The molecule has 2 saturated carbocycles. The molecule has 1 aromatic rings. The molecule has 1 aromatic carbocycles. The summed E-state index contributed by atoms with van der Waals surface area (Å²) in [7, 11) is -3.51.